The monoisotopic (exact) mass is 412 g/mol. The van der Waals surface area contributed by atoms with Crippen LogP contribution in [0.15, 0.2) is 0 Å². The lowest BCUT2D eigenvalue weighted by Crippen LogP contribution is -2.37. The summed E-state index contributed by atoms with van der Waals surface area (Å²) in [6.45, 7) is 3.67. The first kappa shape index (κ1) is 26.0. The van der Waals surface area contributed by atoms with E-state index in [1.54, 1.807) is 0 Å². The van der Waals surface area contributed by atoms with Crippen LogP contribution >= 0.6 is 7.82 Å². The number of hydrogen-bond donors (Lipinski definition) is 1. The normalized spacial score (nSPS) is 15.0. The van der Waals surface area contributed by atoms with E-state index in [0.717, 1.165) is 6.42 Å². The number of ether oxygens (including phenoxy) is 2. The molecule has 9 nitrogen and oxygen atoms in total. The quantitative estimate of drug-likeness (QED) is 0.248. The van der Waals surface area contributed by atoms with Crippen LogP contribution < -0.4 is 0 Å². The molecule has 160 valence electrons. The van der Waals surface area contributed by atoms with Crippen molar-refractivity contribution < 1.29 is 42.1 Å². The van der Waals surface area contributed by atoms with Crippen molar-refractivity contribution >= 4 is 19.8 Å². The molecule has 0 fully saturated rings. The molecule has 0 saturated carbocycles. The number of phosphoric acid groups is 1. The Morgan fingerprint density at radius 2 is 1.67 bits per heavy atom. The molecule has 0 aromatic carbocycles. The lowest BCUT2D eigenvalue weighted by Gasteiger charge is -2.24. The van der Waals surface area contributed by atoms with Crippen LogP contribution in [0.3, 0.4) is 0 Å². The first-order valence-corrected chi connectivity index (χ1v) is 10.8. The number of quaternary nitrogens is 1. The minimum absolute atomic E-state index is 0.0315. The lowest BCUT2D eigenvalue weighted by molar-refractivity contribution is -0.870. The summed E-state index contributed by atoms with van der Waals surface area (Å²) in [5.41, 5.74) is 0. The number of likely N-dealkylation sites (N-methyl/N-ethyl adjacent to an activating group) is 1. The fourth-order valence-electron chi connectivity index (χ4n) is 1.79. The van der Waals surface area contributed by atoms with E-state index in [2.05, 4.69) is 0 Å². The molecule has 0 aromatic heterocycles. The first-order chi connectivity index (χ1) is 12.5. The number of carbonyl (C=O) groups excluding carboxylic acids is 2. The molecule has 0 aliphatic carbocycles. The maximum absolute atomic E-state index is 12.0. The van der Waals surface area contributed by atoms with E-state index in [1.165, 1.54) is 0 Å². The second-order valence-corrected chi connectivity index (χ2v) is 8.71. The van der Waals surface area contributed by atoms with Crippen LogP contribution in [0.25, 0.3) is 0 Å². The number of nitrogens with zero attached hydrogens (tertiary/aromatic N) is 1. The molecule has 0 bridgehead atoms. The zero-order valence-electron chi connectivity index (χ0n) is 17.1. The number of carbonyl (C=O) groups is 2. The fourth-order valence-corrected chi connectivity index (χ4v) is 2.53. The van der Waals surface area contributed by atoms with Gasteiger partial charge < -0.3 is 18.9 Å². The van der Waals surface area contributed by atoms with Gasteiger partial charge in [-0.2, -0.15) is 0 Å². The van der Waals surface area contributed by atoms with E-state index < -0.39 is 32.5 Å². The molecule has 27 heavy (non-hydrogen) atoms. The van der Waals surface area contributed by atoms with E-state index in [4.69, 9.17) is 18.5 Å². The van der Waals surface area contributed by atoms with E-state index in [0.29, 0.717) is 23.9 Å². The molecule has 0 radical (unpaired) electrons. The molecule has 10 heteroatoms. The third-order valence-electron chi connectivity index (χ3n) is 3.36. The van der Waals surface area contributed by atoms with Crippen LogP contribution in [-0.2, 0) is 32.7 Å². The van der Waals surface area contributed by atoms with Crippen molar-refractivity contribution in [3.63, 3.8) is 0 Å². The van der Waals surface area contributed by atoms with Gasteiger partial charge in [-0.3, -0.25) is 18.6 Å². The summed E-state index contributed by atoms with van der Waals surface area (Å²) in [5.74, 6) is -0.908. The Balaban J connectivity index is 4.59. The number of rotatable bonds is 15. The van der Waals surface area contributed by atoms with E-state index >= 15 is 0 Å². The standard InChI is InChI=1S/C17H34NO8P/c1-6-8-10-17(20)26-15(13-23-16(19)9-7-2)14-25-27(21,22)24-12-11-18(3,4)5/h15H,6-14H2,1-5H3/p+1/t15-/m1/s1. The predicted molar refractivity (Wildman–Crippen MR) is 99.9 cm³/mol. The zero-order valence-corrected chi connectivity index (χ0v) is 18.0. The highest BCUT2D eigenvalue weighted by Gasteiger charge is 2.26. The topological polar surface area (TPSA) is 108 Å². The average molecular weight is 412 g/mol. The Morgan fingerprint density at radius 3 is 2.22 bits per heavy atom. The molecule has 0 aromatic rings. The number of esters is 2. The van der Waals surface area contributed by atoms with Gasteiger partial charge in [-0.25, -0.2) is 4.57 Å². The average Bonchev–Trinajstić information content (AvgIpc) is 2.54. The van der Waals surface area contributed by atoms with Gasteiger partial charge in [0.1, 0.15) is 19.8 Å². The van der Waals surface area contributed by atoms with Crippen LogP contribution in [0.2, 0.25) is 0 Å². The minimum atomic E-state index is -4.30. The first-order valence-electron chi connectivity index (χ1n) is 9.26. The molecular weight excluding hydrogens is 377 g/mol. The molecule has 2 atom stereocenters. The minimum Gasteiger partial charge on any atom is -0.462 e. The smallest absolute Gasteiger partial charge is 0.462 e. The summed E-state index contributed by atoms with van der Waals surface area (Å²) in [6.07, 6.45) is 1.60. The van der Waals surface area contributed by atoms with Crippen molar-refractivity contribution in [1.82, 2.24) is 0 Å². The number of hydrogen-bond acceptors (Lipinski definition) is 7. The third-order valence-corrected chi connectivity index (χ3v) is 4.34. The van der Waals surface area contributed by atoms with E-state index in [1.807, 2.05) is 35.0 Å². The van der Waals surface area contributed by atoms with Crippen molar-refractivity contribution in [1.29, 1.82) is 0 Å². The van der Waals surface area contributed by atoms with Crippen LogP contribution in [0, 0.1) is 0 Å². The Labute approximate surface area is 162 Å². The predicted octanol–water partition coefficient (Wildman–Crippen LogP) is 2.27. The van der Waals surface area contributed by atoms with Crippen molar-refractivity contribution in [2.24, 2.45) is 0 Å². The van der Waals surface area contributed by atoms with Crippen LogP contribution in [-0.4, -0.2) is 74.9 Å². The van der Waals surface area contributed by atoms with Gasteiger partial charge in [0.2, 0.25) is 0 Å². The van der Waals surface area contributed by atoms with Gasteiger partial charge >= 0.3 is 19.8 Å². The Bertz CT molecular complexity index is 492. The van der Waals surface area contributed by atoms with Crippen molar-refractivity contribution in [3.05, 3.63) is 0 Å². The second kappa shape index (κ2) is 13.2. The summed E-state index contributed by atoms with van der Waals surface area (Å²) in [5, 5.41) is 0. The maximum Gasteiger partial charge on any atom is 0.472 e. The van der Waals surface area contributed by atoms with Gasteiger partial charge in [0.15, 0.2) is 6.10 Å². The van der Waals surface area contributed by atoms with Crippen molar-refractivity contribution in [2.45, 2.75) is 52.1 Å². The SMILES string of the molecule is CCCCC(=O)O[C@H](COC(=O)CCC)COP(=O)(O)OCC[N+](C)(C)C. The zero-order chi connectivity index (χ0) is 20.9. The highest BCUT2D eigenvalue weighted by atomic mass is 31.2. The van der Waals surface area contributed by atoms with Crippen LogP contribution in [0.4, 0.5) is 0 Å². The summed E-state index contributed by atoms with van der Waals surface area (Å²) in [7, 11) is 1.46. The Hall–Kier alpha value is -0.990. The highest BCUT2D eigenvalue weighted by Crippen LogP contribution is 2.43. The Kier molecular flexibility index (Phi) is 12.7. The molecule has 0 aliphatic heterocycles. The third kappa shape index (κ3) is 15.7. The Morgan fingerprint density at radius 1 is 1.00 bits per heavy atom. The van der Waals surface area contributed by atoms with Gasteiger partial charge in [0.25, 0.3) is 0 Å². The van der Waals surface area contributed by atoms with Gasteiger partial charge in [-0.1, -0.05) is 20.3 Å². The second-order valence-electron chi connectivity index (χ2n) is 7.26. The van der Waals surface area contributed by atoms with Gasteiger partial charge in [0.05, 0.1) is 27.7 Å². The van der Waals surface area contributed by atoms with Crippen molar-refractivity contribution in [3.8, 4) is 0 Å². The van der Waals surface area contributed by atoms with Crippen LogP contribution in [0.1, 0.15) is 46.0 Å². The fraction of sp³-hybridized carbons (Fsp3) is 0.882. The number of phosphoric ester groups is 1. The largest absolute Gasteiger partial charge is 0.472 e. The van der Waals surface area contributed by atoms with Crippen molar-refractivity contribution in [2.75, 3.05) is 47.5 Å². The summed E-state index contributed by atoms with van der Waals surface area (Å²) in [6, 6.07) is 0. The lowest BCUT2D eigenvalue weighted by atomic mass is 10.2. The molecule has 1 N–H and O–H groups in total. The summed E-state index contributed by atoms with van der Waals surface area (Å²) in [4.78, 5) is 33.1. The number of unbranched alkanes of at least 4 members (excludes halogenated alkanes) is 1. The molecule has 0 aliphatic rings. The molecule has 0 rings (SSSR count). The van der Waals surface area contributed by atoms with E-state index in [-0.39, 0.29) is 26.1 Å². The molecule has 0 heterocycles. The highest BCUT2D eigenvalue weighted by molar-refractivity contribution is 7.47. The van der Waals surface area contributed by atoms with Gasteiger partial charge in [0, 0.05) is 12.8 Å². The molecule has 0 amide bonds. The van der Waals surface area contributed by atoms with Gasteiger partial charge in [-0.15, -0.1) is 0 Å². The van der Waals surface area contributed by atoms with Gasteiger partial charge in [-0.05, 0) is 12.8 Å². The molecule has 0 saturated heterocycles. The molecule has 1 unspecified atom stereocenters. The molecular formula is C17H35NO8P+. The molecule has 0 spiro atoms. The van der Waals surface area contributed by atoms with E-state index in [9.17, 15) is 19.0 Å². The summed E-state index contributed by atoms with van der Waals surface area (Å²) < 4.78 is 32.6. The summed E-state index contributed by atoms with van der Waals surface area (Å²) >= 11 is 0. The maximum atomic E-state index is 12.0. The van der Waals surface area contributed by atoms with Crippen LogP contribution in [0.5, 0.6) is 0 Å².